The second-order valence-corrected chi connectivity index (χ2v) is 36.6. The summed E-state index contributed by atoms with van der Waals surface area (Å²) in [4.78, 5) is 235. The van der Waals surface area contributed by atoms with Crippen molar-refractivity contribution in [1.82, 2.24) is 83.6 Å². The maximum Gasteiger partial charge on any atom is 0.303 e. The molecular weight excluding hydrogens is 1830 g/mol. The molecule has 0 unspecified atom stereocenters. The molecule has 27 N–H and O–H groups in total. The number of halogens is 1. The number of aromatic hydroxyl groups is 1. The molecule has 4 radical (unpaired) electrons. The van der Waals surface area contributed by atoms with Gasteiger partial charge in [-0.3, -0.25) is 81.5 Å². The first kappa shape index (κ1) is 118. The number of carbonyl (C=O) groups excluding carboxylic acids is 16. The van der Waals surface area contributed by atoms with Gasteiger partial charge in [0.1, 0.15) is 72.2 Å². The van der Waals surface area contributed by atoms with Crippen molar-refractivity contribution in [3.63, 3.8) is 0 Å². The predicted octanol–water partition coefficient (Wildman–Crippen LogP) is -4.07. The van der Waals surface area contributed by atoms with Crippen LogP contribution < -0.4 is 92.1 Å². The number of nitrogens with one attached hydrogen (secondary N) is 13. The quantitative estimate of drug-likeness (QED) is 0.00737. The molecule has 1 saturated heterocycles. The Morgan fingerprint density at radius 3 is 1.47 bits per heavy atom. The van der Waals surface area contributed by atoms with E-state index in [1.807, 2.05) is 64.1 Å². The van der Waals surface area contributed by atoms with Crippen molar-refractivity contribution in [3.05, 3.63) is 27.3 Å². The summed E-state index contributed by atoms with van der Waals surface area (Å²) in [7, 11) is 13.0. The van der Waals surface area contributed by atoms with Crippen molar-refractivity contribution in [2.24, 2.45) is 56.9 Å². The number of aliphatic carboxylic acids is 1. The number of likely N-dealkylation sites (tertiary alicyclic amines) is 1. The van der Waals surface area contributed by atoms with Gasteiger partial charge >= 0.3 is 5.97 Å². The zero-order valence-electron chi connectivity index (χ0n) is 78.1. The van der Waals surface area contributed by atoms with Crippen LogP contribution in [0.3, 0.4) is 0 Å². The topological polar surface area (TPSA) is 706 Å². The Balaban J connectivity index is 2.46. The number of benzene rings is 1. The van der Waals surface area contributed by atoms with Gasteiger partial charge in [-0.1, -0.05) is 64.3 Å². The lowest BCUT2D eigenvalue weighted by Crippen LogP contribution is -2.62. The van der Waals surface area contributed by atoms with Gasteiger partial charge in [-0.25, -0.2) is 0 Å². The molecule has 1 fully saturated rings. The maximum atomic E-state index is 14.8. The van der Waals surface area contributed by atoms with Crippen molar-refractivity contribution < 1.29 is 112 Å². The molecule has 1 heterocycles. The van der Waals surface area contributed by atoms with Crippen LogP contribution in [0.25, 0.3) is 0 Å². The molecule has 2 rings (SSSR count). The molecule has 45 nitrogen and oxygen atoms in total. The number of carbonyl (C=O) groups is 17. The molecule has 0 bridgehead atoms. The fourth-order valence-electron chi connectivity index (χ4n) is 14.0. The van der Waals surface area contributed by atoms with Crippen LogP contribution in [0.15, 0.2) is 28.5 Å². The maximum absolute atomic E-state index is 14.8. The zero-order valence-corrected chi connectivity index (χ0v) is 80.3. The van der Waals surface area contributed by atoms with Gasteiger partial charge in [-0.05, 0) is 209 Å². The first-order valence-electron chi connectivity index (χ1n) is 44.2. The molecular formula is C84H141B2IN22O23. The lowest BCUT2D eigenvalue weighted by atomic mass is 9.89. The molecule has 0 spiro atoms. The number of nitrogens with two attached hydrogens (primary N) is 4. The van der Waals surface area contributed by atoms with Crippen molar-refractivity contribution in [3.8, 4) is 5.75 Å². The fourth-order valence-corrected chi connectivity index (χ4v) is 14.6. The molecule has 738 valence electrons. The normalized spacial score (nSPS) is 15.9. The molecule has 48 heteroatoms. The highest BCUT2D eigenvalue weighted by Crippen LogP contribution is 2.26. The van der Waals surface area contributed by atoms with E-state index in [0.29, 0.717) is 78.7 Å². The van der Waals surface area contributed by atoms with Crippen LogP contribution >= 0.6 is 22.6 Å². The highest BCUT2D eigenvalue weighted by molar-refractivity contribution is 14.1. The third-order valence-electron chi connectivity index (χ3n) is 22.7. The molecule has 0 aromatic heterocycles. The van der Waals surface area contributed by atoms with E-state index < -0.39 is 242 Å². The lowest BCUT2D eigenvalue weighted by molar-refractivity contribution is -0.143. The van der Waals surface area contributed by atoms with Crippen LogP contribution in [-0.4, -0.2) is 315 Å². The van der Waals surface area contributed by atoms with Gasteiger partial charge in [-0.15, -0.1) is 0 Å². The Bertz CT molecular complexity index is 4070. The van der Waals surface area contributed by atoms with Gasteiger partial charge in [0.05, 0.1) is 40.7 Å². The number of carboxylic acids is 1. The Hall–Kier alpha value is -10.4. The Morgan fingerprint density at radius 1 is 0.561 bits per heavy atom. The number of oxime groups is 2. The van der Waals surface area contributed by atoms with Gasteiger partial charge < -0.3 is 137 Å². The number of primary amides is 3. The largest absolute Gasteiger partial charge is 0.507 e. The monoisotopic (exact) mass is 1970 g/mol. The highest BCUT2D eigenvalue weighted by Gasteiger charge is 2.43. The Kier molecular flexibility index (Phi) is 52.2. The Labute approximate surface area is 786 Å². The first-order chi connectivity index (χ1) is 61.6. The summed E-state index contributed by atoms with van der Waals surface area (Å²) in [6.07, 6.45) is -3.12. The van der Waals surface area contributed by atoms with Crippen LogP contribution in [0.4, 0.5) is 0 Å². The lowest BCUT2D eigenvalue weighted by Gasteiger charge is -2.38. The van der Waals surface area contributed by atoms with Crippen LogP contribution in [0.1, 0.15) is 212 Å². The predicted molar refractivity (Wildman–Crippen MR) is 495 cm³/mol. The van der Waals surface area contributed by atoms with E-state index in [1.54, 1.807) is 37.3 Å². The summed E-state index contributed by atoms with van der Waals surface area (Å²) < 4.78 is 0.326. The van der Waals surface area contributed by atoms with Crippen LogP contribution in [0, 0.1) is 27.2 Å². The van der Waals surface area contributed by atoms with Crippen LogP contribution in [0.5, 0.6) is 5.75 Å². The molecule has 1 aromatic carbocycles. The van der Waals surface area contributed by atoms with E-state index in [2.05, 4.69) is 79.4 Å². The average molecular weight is 1980 g/mol. The zero-order chi connectivity index (χ0) is 100. The SMILES string of the molecule is [B]N(CCC(CCNC(=O)CNC[C@H](CCCCN)NC(=O)[C@H](CC(C)C)NC(=O)[C@H](CC(C)C)NC(=O)[C@@H](NC(=O)[C@H](Cc1ccc(O)c(I)c1)NC(=O)[C@@H]1CCCN1C(=O)[C@H](CO)NC(=O)[C@@H](NC(=O)[C@H](CCC(N)=O)NC(=O)[C@H](CCC(=O)O)NC(=O)[C@H](CCC(N)=O)NC(=O)[C@H](CC(N)=O)NC(C)=O)C(C)C)[C@H](C)O)CCN([B])C(C)(C)/C(C)=N/O)C(C)(C)/C(C)=N/O. The van der Waals surface area contributed by atoms with E-state index in [-0.39, 0.29) is 87.7 Å². The van der Waals surface area contributed by atoms with Crippen LogP contribution in [-0.2, 0) is 87.9 Å². The number of carboxylic acid groups (broad SMARTS) is 1. The smallest absolute Gasteiger partial charge is 0.303 e. The van der Waals surface area contributed by atoms with Gasteiger partial charge in [0, 0.05) is 69.4 Å². The summed E-state index contributed by atoms with van der Waals surface area (Å²) in [5, 5.41) is 101. The molecule has 13 atom stereocenters. The van der Waals surface area contributed by atoms with Crippen molar-refractivity contribution >= 4 is 150 Å². The van der Waals surface area contributed by atoms with Crippen LogP contribution in [0.2, 0.25) is 0 Å². The first-order valence-corrected chi connectivity index (χ1v) is 45.3. The molecule has 0 aliphatic carbocycles. The number of unbranched alkanes of at least 4 members (excludes halogenated alkanes) is 1. The number of aliphatic hydroxyl groups excluding tert-OH is 2. The number of hydrogen-bond donors (Lipinski definition) is 23. The van der Waals surface area contributed by atoms with Crippen molar-refractivity contribution in [1.29, 1.82) is 0 Å². The van der Waals surface area contributed by atoms with Gasteiger partial charge in [0.25, 0.3) is 0 Å². The third-order valence-corrected chi connectivity index (χ3v) is 23.5. The van der Waals surface area contributed by atoms with E-state index in [4.69, 9.17) is 38.9 Å². The number of aliphatic hydroxyl groups is 2. The summed E-state index contributed by atoms with van der Waals surface area (Å²) in [6.45, 7) is 23.1. The molecule has 1 aliphatic heterocycles. The molecule has 1 aromatic rings. The number of rotatable bonds is 63. The summed E-state index contributed by atoms with van der Waals surface area (Å²) in [6, 6.07) is -14.4. The molecule has 16 amide bonds. The standard InChI is InChI=1S/C84H141B2IN22O23/c1-44(2)36-58(75(123)95-53(18-15-16-31-88)41-92-42-68(117)93-32-28-51(29-34-108(85)83(11,12)48(8)105-131)30-35-109(86)84(13,14)49(9)106-132)99-76(124)59(37-45(3)4)101-81(129)71(47(7)111)104-78(126)60(39-52-20-24-64(113)54(87)38-52)100-79(127)63-19-17-33-107(63)82(130)62(43-110)102-80(128)70(46(5)6)103-74(122)56(22-26-66(90)115)96-73(121)57(23-27-69(118)119)97-72(120)55(21-25-65(89)114)98-77(125)61(40-67(91)116)94-50(10)112/h20,24,38,44-47,51,53,55-63,70-71,92,110-111,113,131-132H,15-19,21-23,25-37,39-43,88H2,1-14H3,(H2,89,114)(H2,90,115)(H2,91,116)(H,93,117)(H,94,112)(H,95,123)(H,96,121)(H,97,120)(H,98,125)(H,99,124)(H,100,127)(H,101,129)(H,102,128)(H,103,122)(H,104,126)(H,118,119)/b105-48+,106-49+/t47-,53-,55-,56-,57-,58-,59-,60-,61-,62-,63-,70-,71-/m0/s1. The van der Waals surface area contributed by atoms with E-state index in [0.717, 1.165) is 11.8 Å². The summed E-state index contributed by atoms with van der Waals surface area (Å²) in [5.74, 6) is -18.5. The van der Waals surface area contributed by atoms with E-state index in [1.165, 1.54) is 39.0 Å². The molecule has 0 saturated carbocycles. The average Bonchev–Trinajstić information content (AvgIpc) is 1.63. The van der Waals surface area contributed by atoms with Crippen molar-refractivity contribution in [2.75, 3.05) is 52.4 Å². The molecule has 132 heavy (non-hydrogen) atoms. The number of hydrogen-bond acceptors (Lipinski definition) is 28. The fraction of sp³-hybridized carbons (Fsp3) is 0.702. The van der Waals surface area contributed by atoms with Gasteiger partial charge in [-0.2, -0.15) is 0 Å². The van der Waals surface area contributed by atoms with E-state index in [9.17, 15) is 112 Å². The number of amides is 16. The highest BCUT2D eigenvalue weighted by atomic mass is 127. The minimum Gasteiger partial charge on any atom is -0.507 e. The third kappa shape index (κ3) is 41.8. The van der Waals surface area contributed by atoms with Gasteiger partial charge in [0.15, 0.2) is 16.0 Å². The number of nitrogens with zero attached hydrogens (tertiary/aromatic N) is 5. The minimum absolute atomic E-state index is 0.0163. The summed E-state index contributed by atoms with van der Waals surface area (Å²) in [5.41, 5.74) is 21.5. The number of phenolic OH excluding ortho intramolecular Hbond substituents is 1. The number of phenols is 1. The molecule has 1 aliphatic rings. The van der Waals surface area contributed by atoms with Gasteiger partial charge in [0.2, 0.25) is 94.5 Å². The second kappa shape index (κ2) is 58.6. The second-order valence-electron chi connectivity index (χ2n) is 35.5. The Morgan fingerprint density at radius 2 is 1.02 bits per heavy atom. The summed E-state index contributed by atoms with van der Waals surface area (Å²) >= 11 is 1.83. The minimum atomic E-state index is -1.88. The van der Waals surface area contributed by atoms with E-state index >= 15 is 0 Å². The van der Waals surface area contributed by atoms with Crippen molar-refractivity contribution in [2.45, 2.75) is 302 Å².